The third-order valence-electron chi connectivity index (χ3n) is 4.50. The summed E-state index contributed by atoms with van der Waals surface area (Å²) < 4.78 is 5.48. The lowest BCUT2D eigenvalue weighted by Crippen LogP contribution is -2.30. The molecule has 0 saturated carbocycles. The smallest absolute Gasteiger partial charge is 0.210 e. The molecule has 6 nitrogen and oxygen atoms in total. The van der Waals surface area contributed by atoms with Crippen molar-refractivity contribution in [2.75, 3.05) is 37.8 Å². The van der Waals surface area contributed by atoms with Gasteiger partial charge in [0, 0.05) is 31.0 Å². The summed E-state index contributed by atoms with van der Waals surface area (Å²) in [6.45, 7) is 6.41. The Balaban J connectivity index is 1.97. The van der Waals surface area contributed by atoms with Crippen LogP contribution in [0.5, 0.6) is 5.88 Å². The van der Waals surface area contributed by atoms with Crippen molar-refractivity contribution < 1.29 is 20.1 Å². The van der Waals surface area contributed by atoms with E-state index < -0.39 is 6.10 Å². The van der Waals surface area contributed by atoms with Gasteiger partial charge in [-0.2, -0.15) is 0 Å². The van der Waals surface area contributed by atoms with Gasteiger partial charge in [-0.05, 0) is 41.7 Å². The van der Waals surface area contributed by atoms with Crippen LogP contribution in [0.4, 0.5) is 5.69 Å². The summed E-state index contributed by atoms with van der Waals surface area (Å²) >= 11 is 0. The van der Waals surface area contributed by atoms with Crippen LogP contribution in [0.2, 0.25) is 0 Å². The van der Waals surface area contributed by atoms with Gasteiger partial charge in [-0.15, -0.1) is 0 Å². The number of aromatic hydroxyl groups is 1. The first kappa shape index (κ1) is 22.9. The second kappa shape index (κ2) is 12.2. The van der Waals surface area contributed by atoms with Crippen molar-refractivity contribution in [2.24, 2.45) is 5.92 Å². The fourth-order valence-corrected chi connectivity index (χ4v) is 2.72. The number of hydrogen-bond acceptors (Lipinski definition) is 6. The third-order valence-corrected chi connectivity index (χ3v) is 4.50. The van der Waals surface area contributed by atoms with Gasteiger partial charge in [0.2, 0.25) is 5.88 Å². The van der Waals surface area contributed by atoms with Crippen LogP contribution in [0.15, 0.2) is 42.6 Å². The summed E-state index contributed by atoms with van der Waals surface area (Å²) in [5, 5.41) is 27.5. The van der Waals surface area contributed by atoms with E-state index in [4.69, 9.17) is 9.84 Å². The first-order valence-corrected chi connectivity index (χ1v) is 10.0. The predicted molar refractivity (Wildman–Crippen MR) is 117 cm³/mol. The van der Waals surface area contributed by atoms with Crippen LogP contribution in [0.25, 0.3) is 12.2 Å². The molecule has 0 radical (unpaired) electrons. The van der Waals surface area contributed by atoms with Crippen LogP contribution in [-0.2, 0) is 4.74 Å². The van der Waals surface area contributed by atoms with Gasteiger partial charge in [0.1, 0.15) is 6.10 Å². The molecule has 0 amide bonds. The zero-order chi connectivity index (χ0) is 21.1. The molecule has 1 heterocycles. The van der Waals surface area contributed by atoms with Gasteiger partial charge >= 0.3 is 0 Å². The number of rotatable bonds is 12. The summed E-state index contributed by atoms with van der Waals surface area (Å²) in [6.07, 6.45) is 5.85. The number of benzene rings is 1. The van der Waals surface area contributed by atoms with Crippen LogP contribution < -0.4 is 4.90 Å². The maximum absolute atomic E-state index is 9.38. The van der Waals surface area contributed by atoms with Crippen molar-refractivity contribution in [1.82, 2.24) is 4.98 Å². The van der Waals surface area contributed by atoms with Crippen LogP contribution in [0.1, 0.15) is 31.4 Å². The maximum Gasteiger partial charge on any atom is 0.210 e. The lowest BCUT2D eigenvalue weighted by Gasteiger charge is -2.26. The average Bonchev–Trinajstić information content (AvgIpc) is 2.73. The van der Waals surface area contributed by atoms with Crippen LogP contribution in [-0.4, -0.2) is 59.3 Å². The molecule has 1 atom stereocenters. The van der Waals surface area contributed by atoms with Gasteiger partial charge in [0.05, 0.1) is 19.8 Å². The standard InChI is InChI=1S/C23H32N2O4/c1-18(2)11-12-25(13-14-29-17-22(27)16-26)21-8-5-19(6-9-21)3-4-20-7-10-23(28)24-15-20/h3-10,15,18,22,26-27H,11-14,16-17H2,1-2H3,(H,24,28)/b4-3+. The molecule has 158 valence electrons. The largest absolute Gasteiger partial charge is 0.493 e. The Labute approximate surface area is 173 Å². The molecule has 1 unspecified atom stereocenters. The van der Waals surface area contributed by atoms with E-state index in [-0.39, 0.29) is 19.1 Å². The molecule has 0 aliphatic rings. The third kappa shape index (κ3) is 8.64. The first-order chi connectivity index (χ1) is 14.0. The van der Waals surface area contributed by atoms with Crippen LogP contribution in [0, 0.1) is 5.92 Å². The Morgan fingerprint density at radius 3 is 2.34 bits per heavy atom. The summed E-state index contributed by atoms with van der Waals surface area (Å²) in [5.41, 5.74) is 3.13. The highest BCUT2D eigenvalue weighted by Gasteiger charge is 2.09. The molecule has 0 saturated heterocycles. The molecule has 0 bridgehead atoms. The Kier molecular flexibility index (Phi) is 9.64. The number of aliphatic hydroxyl groups is 2. The summed E-state index contributed by atoms with van der Waals surface area (Å²) in [4.78, 5) is 6.15. The molecule has 3 N–H and O–H groups in total. The van der Waals surface area contributed by atoms with Crippen LogP contribution in [0.3, 0.4) is 0 Å². The number of aliphatic hydroxyl groups excluding tert-OH is 2. The molecular formula is C23H32N2O4. The first-order valence-electron chi connectivity index (χ1n) is 10.0. The number of hydrogen-bond donors (Lipinski definition) is 3. The van der Waals surface area contributed by atoms with E-state index in [1.54, 1.807) is 12.3 Å². The summed E-state index contributed by atoms with van der Waals surface area (Å²) in [6, 6.07) is 11.7. The molecule has 0 aliphatic heterocycles. The topological polar surface area (TPSA) is 86.1 Å². The van der Waals surface area contributed by atoms with Gasteiger partial charge in [-0.25, -0.2) is 4.98 Å². The van der Waals surface area contributed by atoms with E-state index in [1.807, 2.05) is 18.2 Å². The second-order valence-electron chi connectivity index (χ2n) is 7.46. The second-order valence-corrected chi connectivity index (χ2v) is 7.46. The van der Waals surface area contributed by atoms with E-state index in [0.717, 1.165) is 36.3 Å². The zero-order valence-electron chi connectivity index (χ0n) is 17.2. The molecule has 2 rings (SSSR count). The highest BCUT2D eigenvalue weighted by molar-refractivity contribution is 5.70. The number of ether oxygens (including phenoxy) is 1. The molecule has 29 heavy (non-hydrogen) atoms. The predicted octanol–water partition coefficient (Wildman–Crippen LogP) is 3.18. The maximum atomic E-state index is 9.38. The van der Waals surface area contributed by atoms with Crippen molar-refractivity contribution in [3.63, 3.8) is 0 Å². The highest BCUT2D eigenvalue weighted by Crippen LogP contribution is 2.18. The summed E-state index contributed by atoms with van der Waals surface area (Å²) in [5.74, 6) is 0.624. The normalized spacial score (nSPS) is 12.6. The van der Waals surface area contributed by atoms with Gasteiger partial charge in [0.25, 0.3) is 0 Å². The highest BCUT2D eigenvalue weighted by atomic mass is 16.5. The number of nitrogens with zero attached hydrogens (tertiary/aromatic N) is 2. The molecule has 0 aliphatic carbocycles. The van der Waals surface area contributed by atoms with E-state index in [2.05, 4.69) is 48.0 Å². The quantitative estimate of drug-likeness (QED) is 0.475. The SMILES string of the molecule is CC(C)CCN(CCOCC(O)CO)c1ccc(/C=C/c2ccc(O)nc2)cc1. The van der Waals surface area contributed by atoms with Crippen molar-refractivity contribution in [3.05, 3.63) is 53.7 Å². The Hall–Kier alpha value is -2.41. The minimum atomic E-state index is -0.825. The monoisotopic (exact) mass is 400 g/mol. The number of aromatic nitrogens is 1. The fraction of sp³-hybridized carbons (Fsp3) is 0.435. The van der Waals surface area contributed by atoms with Gasteiger partial charge < -0.3 is 25.0 Å². The van der Waals surface area contributed by atoms with Crippen molar-refractivity contribution in [3.8, 4) is 5.88 Å². The van der Waals surface area contributed by atoms with Crippen molar-refractivity contribution in [1.29, 1.82) is 0 Å². The van der Waals surface area contributed by atoms with E-state index in [1.165, 1.54) is 0 Å². The molecule has 1 aromatic heterocycles. The van der Waals surface area contributed by atoms with E-state index >= 15 is 0 Å². The molecule has 0 fully saturated rings. The van der Waals surface area contributed by atoms with E-state index in [9.17, 15) is 10.2 Å². The summed E-state index contributed by atoms with van der Waals surface area (Å²) in [7, 11) is 0. The Bertz CT molecular complexity index is 730. The Morgan fingerprint density at radius 1 is 1.03 bits per heavy atom. The number of anilines is 1. The minimum Gasteiger partial charge on any atom is -0.493 e. The average molecular weight is 401 g/mol. The van der Waals surface area contributed by atoms with Gasteiger partial charge in [0.15, 0.2) is 0 Å². The fourth-order valence-electron chi connectivity index (χ4n) is 2.72. The number of pyridine rings is 1. The molecule has 0 spiro atoms. The molecule has 2 aromatic rings. The minimum absolute atomic E-state index is 0.0165. The van der Waals surface area contributed by atoms with E-state index in [0.29, 0.717) is 12.5 Å². The van der Waals surface area contributed by atoms with Crippen LogP contribution >= 0.6 is 0 Å². The zero-order valence-corrected chi connectivity index (χ0v) is 17.2. The lowest BCUT2D eigenvalue weighted by atomic mass is 10.1. The molecule has 6 heteroatoms. The van der Waals surface area contributed by atoms with Gasteiger partial charge in [-0.3, -0.25) is 0 Å². The molecule has 1 aromatic carbocycles. The van der Waals surface area contributed by atoms with Crippen molar-refractivity contribution in [2.45, 2.75) is 26.4 Å². The van der Waals surface area contributed by atoms with Crippen molar-refractivity contribution >= 4 is 17.8 Å². The molecular weight excluding hydrogens is 368 g/mol. The Morgan fingerprint density at radius 2 is 1.72 bits per heavy atom. The lowest BCUT2D eigenvalue weighted by molar-refractivity contribution is 0.00838. The van der Waals surface area contributed by atoms with Gasteiger partial charge in [-0.1, -0.05) is 38.1 Å².